The fourth-order valence-corrected chi connectivity index (χ4v) is 3.24. The standard InChI is InChI=1S/C16H22N2O2/c1-12-5-2-3-6-13(12)15-7-4-9-18(15)16(19)14-11-20-10-8-17-14/h2-3,5-6,14-15,17H,4,7-11H2,1H3. The second-order valence-electron chi connectivity index (χ2n) is 5.63. The van der Waals surface area contributed by atoms with Crippen LogP contribution in [0.3, 0.4) is 0 Å². The predicted octanol–water partition coefficient (Wildman–Crippen LogP) is 1.65. The van der Waals surface area contributed by atoms with Gasteiger partial charge in [0.1, 0.15) is 6.04 Å². The number of benzene rings is 1. The van der Waals surface area contributed by atoms with Crippen molar-refractivity contribution in [3.8, 4) is 0 Å². The summed E-state index contributed by atoms with van der Waals surface area (Å²) in [6.45, 7) is 4.94. The molecule has 2 aliphatic rings. The molecule has 2 heterocycles. The van der Waals surface area contributed by atoms with Crippen LogP contribution in [0.25, 0.3) is 0 Å². The Balaban J connectivity index is 1.78. The predicted molar refractivity (Wildman–Crippen MR) is 77.5 cm³/mol. The zero-order chi connectivity index (χ0) is 13.9. The van der Waals surface area contributed by atoms with Crippen molar-refractivity contribution in [3.63, 3.8) is 0 Å². The maximum absolute atomic E-state index is 12.7. The molecule has 1 aromatic carbocycles. The first-order valence-corrected chi connectivity index (χ1v) is 7.44. The van der Waals surface area contributed by atoms with Crippen LogP contribution in [0.4, 0.5) is 0 Å². The van der Waals surface area contributed by atoms with Crippen LogP contribution in [0.15, 0.2) is 24.3 Å². The van der Waals surface area contributed by atoms with E-state index in [9.17, 15) is 4.79 Å². The Morgan fingerprint density at radius 2 is 2.25 bits per heavy atom. The van der Waals surface area contributed by atoms with Gasteiger partial charge < -0.3 is 15.0 Å². The number of rotatable bonds is 2. The summed E-state index contributed by atoms with van der Waals surface area (Å²) >= 11 is 0. The summed E-state index contributed by atoms with van der Waals surface area (Å²) in [6, 6.07) is 8.44. The lowest BCUT2D eigenvalue weighted by Crippen LogP contribution is -2.52. The fourth-order valence-electron chi connectivity index (χ4n) is 3.24. The van der Waals surface area contributed by atoms with Crippen molar-refractivity contribution in [2.75, 3.05) is 26.3 Å². The topological polar surface area (TPSA) is 41.6 Å². The molecule has 20 heavy (non-hydrogen) atoms. The SMILES string of the molecule is Cc1ccccc1C1CCCN1C(=O)C1COCCN1. The van der Waals surface area contributed by atoms with E-state index in [4.69, 9.17) is 4.74 Å². The number of aryl methyl sites for hydroxylation is 1. The molecule has 4 heteroatoms. The van der Waals surface area contributed by atoms with Crippen LogP contribution in [0.5, 0.6) is 0 Å². The van der Waals surface area contributed by atoms with Crippen molar-refractivity contribution < 1.29 is 9.53 Å². The Labute approximate surface area is 120 Å². The maximum atomic E-state index is 12.7. The average molecular weight is 274 g/mol. The van der Waals surface area contributed by atoms with Crippen molar-refractivity contribution in [2.45, 2.75) is 31.8 Å². The third-order valence-electron chi connectivity index (χ3n) is 4.30. The Kier molecular flexibility index (Phi) is 4.03. The highest BCUT2D eigenvalue weighted by atomic mass is 16.5. The smallest absolute Gasteiger partial charge is 0.242 e. The zero-order valence-electron chi connectivity index (χ0n) is 12.0. The van der Waals surface area contributed by atoms with Gasteiger partial charge in [-0.25, -0.2) is 0 Å². The van der Waals surface area contributed by atoms with E-state index in [1.165, 1.54) is 11.1 Å². The number of amides is 1. The van der Waals surface area contributed by atoms with Crippen LogP contribution in [-0.2, 0) is 9.53 Å². The number of likely N-dealkylation sites (tertiary alicyclic amines) is 1. The Morgan fingerprint density at radius 3 is 3.00 bits per heavy atom. The number of hydrogen-bond donors (Lipinski definition) is 1. The minimum absolute atomic E-state index is 0.173. The number of hydrogen-bond acceptors (Lipinski definition) is 3. The molecule has 2 unspecified atom stereocenters. The molecule has 2 saturated heterocycles. The number of carbonyl (C=O) groups is 1. The average Bonchev–Trinajstić information content (AvgIpc) is 2.97. The van der Waals surface area contributed by atoms with Gasteiger partial charge in [-0.1, -0.05) is 24.3 Å². The van der Waals surface area contributed by atoms with Crippen molar-refractivity contribution in [1.29, 1.82) is 0 Å². The monoisotopic (exact) mass is 274 g/mol. The van der Waals surface area contributed by atoms with E-state index < -0.39 is 0 Å². The van der Waals surface area contributed by atoms with Crippen molar-refractivity contribution in [2.24, 2.45) is 0 Å². The largest absolute Gasteiger partial charge is 0.378 e. The van der Waals surface area contributed by atoms with Crippen LogP contribution >= 0.6 is 0 Å². The van der Waals surface area contributed by atoms with E-state index in [2.05, 4.69) is 36.5 Å². The van der Waals surface area contributed by atoms with E-state index in [1.54, 1.807) is 0 Å². The van der Waals surface area contributed by atoms with Gasteiger partial charge in [-0.2, -0.15) is 0 Å². The molecule has 0 bridgehead atoms. The molecule has 0 spiro atoms. The van der Waals surface area contributed by atoms with Crippen LogP contribution in [0.1, 0.15) is 30.0 Å². The molecular weight excluding hydrogens is 252 g/mol. The highest BCUT2D eigenvalue weighted by Gasteiger charge is 2.35. The molecule has 2 aliphatic heterocycles. The lowest BCUT2D eigenvalue weighted by molar-refractivity contribution is -0.137. The molecule has 108 valence electrons. The summed E-state index contributed by atoms with van der Waals surface area (Å²) in [5.74, 6) is 0.190. The van der Waals surface area contributed by atoms with Crippen molar-refractivity contribution in [3.05, 3.63) is 35.4 Å². The number of ether oxygens (including phenoxy) is 1. The van der Waals surface area contributed by atoms with Crippen LogP contribution in [0, 0.1) is 6.92 Å². The van der Waals surface area contributed by atoms with Gasteiger partial charge in [-0.3, -0.25) is 4.79 Å². The van der Waals surface area contributed by atoms with Gasteiger partial charge in [0.05, 0.1) is 19.3 Å². The molecule has 0 aromatic heterocycles. The Morgan fingerprint density at radius 1 is 1.40 bits per heavy atom. The van der Waals surface area contributed by atoms with Crippen LogP contribution < -0.4 is 5.32 Å². The van der Waals surface area contributed by atoms with Crippen LogP contribution in [0.2, 0.25) is 0 Å². The minimum atomic E-state index is -0.173. The van der Waals surface area contributed by atoms with Crippen molar-refractivity contribution >= 4 is 5.91 Å². The van der Waals surface area contributed by atoms with E-state index in [1.807, 2.05) is 4.90 Å². The van der Waals surface area contributed by atoms with E-state index in [-0.39, 0.29) is 18.0 Å². The van der Waals surface area contributed by atoms with Gasteiger partial charge >= 0.3 is 0 Å². The zero-order valence-corrected chi connectivity index (χ0v) is 12.0. The van der Waals surface area contributed by atoms with Gasteiger partial charge in [0, 0.05) is 13.1 Å². The summed E-state index contributed by atoms with van der Waals surface area (Å²) in [6.07, 6.45) is 2.14. The summed E-state index contributed by atoms with van der Waals surface area (Å²) in [5, 5.41) is 3.27. The summed E-state index contributed by atoms with van der Waals surface area (Å²) in [4.78, 5) is 14.7. The molecule has 1 aromatic rings. The van der Waals surface area contributed by atoms with Gasteiger partial charge in [-0.05, 0) is 30.9 Å². The normalized spacial score (nSPS) is 26.8. The number of nitrogens with one attached hydrogen (secondary N) is 1. The first-order valence-electron chi connectivity index (χ1n) is 7.44. The number of carbonyl (C=O) groups excluding carboxylic acids is 1. The molecule has 1 N–H and O–H groups in total. The highest BCUT2D eigenvalue weighted by Crippen LogP contribution is 2.34. The number of morpholine rings is 1. The van der Waals surface area contributed by atoms with Crippen LogP contribution in [-0.4, -0.2) is 43.2 Å². The molecule has 0 saturated carbocycles. The molecule has 1 amide bonds. The summed E-state index contributed by atoms with van der Waals surface area (Å²) in [7, 11) is 0. The minimum Gasteiger partial charge on any atom is -0.378 e. The highest BCUT2D eigenvalue weighted by molar-refractivity contribution is 5.83. The molecule has 0 aliphatic carbocycles. The molecule has 4 nitrogen and oxygen atoms in total. The van der Waals surface area contributed by atoms with Gasteiger partial charge in [-0.15, -0.1) is 0 Å². The fraction of sp³-hybridized carbons (Fsp3) is 0.562. The van der Waals surface area contributed by atoms with E-state index in [0.29, 0.717) is 13.2 Å². The molecule has 3 rings (SSSR count). The third-order valence-corrected chi connectivity index (χ3v) is 4.30. The lowest BCUT2D eigenvalue weighted by Gasteiger charge is -2.32. The first-order chi connectivity index (χ1) is 9.77. The second-order valence-corrected chi connectivity index (χ2v) is 5.63. The van der Waals surface area contributed by atoms with E-state index in [0.717, 1.165) is 25.9 Å². The molecule has 2 fully saturated rings. The summed E-state index contributed by atoms with van der Waals surface area (Å²) < 4.78 is 5.42. The lowest BCUT2D eigenvalue weighted by atomic mass is 9.99. The molecule has 0 radical (unpaired) electrons. The summed E-state index contributed by atoms with van der Waals surface area (Å²) in [5.41, 5.74) is 2.56. The Hall–Kier alpha value is -1.39. The molecular formula is C16H22N2O2. The number of nitrogens with zero attached hydrogens (tertiary/aromatic N) is 1. The molecule has 2 atom stereocenters. The van der Waals surface area contributed by atoms with Crippen molar-refractivity contribution in [1.82, 2.24) is 10.2 Å². The maximum Gasteiger partial charge on any atom is 0.242 e. The Bertz CT molecular complexity index is 483. The van der Waals surface area contributed by atoms with Gasteiger partial charge in [0.15, 0.2) is 0 Å². The van der Waals surface area contributed by atoms with Gasteiger partial charge in [0.25, 0.3) is 0 Å². The third kappa shape index (κ3) is 2.58. The quantitative estimate of drug-likeness (QED) is 0.891. The first kappa shape index (κ1) is 13.6. The van der Waals surface area contributed by atoms with Gasteiger partial charge in [0.2, 0.25) is 5.91 Å². The van der Waals surface area contributed by atoms with E-state index >= 15 is 0 Å². The second kappa shape index (κ2) is 5.94.